The Morgan fingerprint density at radius 3 is 1.00 bits per heavy atom. The van der Waals surface area contributed by atoms with E-state index in [0.717, 1.165) is 0 Å². The summed E-state index contributed by atoms with van der Waals surface area (Å²) in [7, 11) is 0. The first kappa shape index (κ1) is 9.84. The summed E-state index contributed by atoms with van der Waals surface area (Å²) in [5, 5.41) is 34.8. The summed E-state index contributed by atoms with van der Waals surface area (Å²) < 4.78 is 0. The summed E-state index contributed by atoms with van der Waals surface area (Å²) in [5.74, 6) is 0. The van der Waals surface area contributed by atoms with Gasteiger partial charge in [-0.25, -0.2) is 0 Å². The van der Waals surface area contributed by atoms with Crippen molar-refractivity contribution in [3.8, 4) is 0 Å². The number of hydrogen-bond donors (Lipinski definition) is 4. The molecular formula is C6H12O4. The van der Waals surface area contributed by atoms with Gasteiger partial charge in [0.2, 0.25) is 0 Å². The van der Waals surface area contributed by atoms with Crippen molar-refractivity contribution in [2.24, 2.45) is 0 Å². The van der Waals surface area contributed by atoms with Crippen LogP contribution in [0.2, 0.25) is 0 Å². The molecule has 0 saturated carbocycles. The van der Waals surface area contributed by atoms with Crippen molar-refractivity contribution in [1.29, 1.82) is 0 Å². The zero-order valence-electron chi connectivity index (χ0n) is 5.51. The lowest BCUT2D eigenvalue weighted by Gasteiger charge is -2.21. The molecule has 0 aromatic rings. The standard InChI is InChI=1S/C6H12O4/c1-3(7)5(9)6(10)4(2)8/h3-10H,1-2H2. The van der Waals surface area contributed by atoms with E-state index in [1.54, 1.807) is 0 Å². The van der Waals surface area contributed by atoms with Crippen LogP contribution in [0.1, 0.15) is 0 Å². The third-order valence-corrected chi connectivity index (χ3v) is 1.14. The second-order valence-electron chi connectivity index (χ2n) is 2.12. The third kappa shape index (κ3) is 2.62. The van der Waals surface area contributed by atoms with Crippen molar-refractivity contribution in [1.82, 2.24) is 0 Å². The van der Waals surface area contributed by atoms with Gasteiger partial charge in [-0.05, 0) is 13.8 Å². The highest BCUT2D eigenvalue weighted by Gasteiger charge is 2.24. The van der Waals surface area contributed by atoms with Gasteiger partial charge >= 0.3 is 0 Å². The topological polar surface area (TPSA) is 80.9 Å². The fraction of sp³-hybridized carbons (Fsp3) is 0.667. The molecule has 0 fully saturated rings. The predicted molar refractivity (Wildman–Crippen MR) is 34.7 cm³/mol. The van der Waals surface area contributed by atoms with Crippen molar-refractivity contribution in [2.75, 3.05) is 0 Å². The molecule has 2 radical (unpaired) electrons. The molecule has 4 atom stereocenters. The Labute approximate surface area is 59.7 Å². The Kier molecular flexibility index (Phi) is 3.81. The van der Waals surface area contributed by atoms with Crippen LogP contribution in [0.5, 0.6) is 0 Å². The van der Waals surface area contributed by atoms with Gasteiger partial charge in [0.05, 0.1) is 12.2 Å². The van der Waals surface area contributed by atoms with Crippen molar-refractivity contribution in [3.05, 3.63) is 13.8 Å². The lowest BCUT2D eigenvalue weighted by Crippen LogP contribution is -2.42. The summed E-state index contributed by atoms with van der Waals surface area (Å²) in [5.41, 5.74) is 0. The van der Waals surface area contributed by atoms with Gasteiger partial charge < -0.3 is 20.4 Å². The summed E-state index contributed by atoms with van der Waals surface area (Å²) >= 11 is 0. The monoisotopic (exact) mass is 148 g/mol. The minimum Gasteiger partial charge on any atom is -0.390 e. The molecule has 10 heavy (non-hydrogen) atoms. The summed E-state index contributed by atoms with van der Waals surface area (Å²) in [4.78, 5) is 0. The Bertz CT molecular complexity index is 79.7. The molecular weight excluding hydrogens is 136 g/mol. The number of aliphatic hydroxyl groups is 4. The van der Waals surface area contributed by atoms with Gasteiger partial charge in [-0.15, -0.1) is 0 Å². The average molecular weight is 148 g/mol. The van der Waals surface area contributed by atoms with Crippen molar-refractivity contribution >= 4 is 0 Å². The maximum atomic E-state index is 8.80. The van der Waals surface area contributed by atoms with Crippen LogP contribution in [0.4, 0.5) is 0 Å². The molecule has 0 rings (SSSR count). The Morgan fingerprint density at radius 1 is 0.700 bits per heavy atom. The van der Waals surface area contributed by atoms with E-state index >= 15 is 0 Å². The molecule has 0 aliphatic rings. The first-order valence-electron chi connectivity index (χ1n) is 2.85. The van der Waals surface area contributed by atoms with Gasteiger partial charge in [0.1, 0.15) is 12.2 Å². The first-order chi connectivity index (χ1) is 4.46. The molecule has 0 heterocycles. The van der Waals surface area contributed by atoms with E-state index in [-0.39, 0.29) is 0 Å². The maximum absolute atomic E-state index is 8.80. The van der Waals surface area contributed by atoms with E-state index < -0.39 is 24.4 Å². The van der Waals surface area contributed by atoms with E-state index in [4.69, 9.17) is 20.4 Å². The van der Waals surface area contributed by atoms with Crippen LogP contribution in [-0.2, 0) is 0 Å². The van der Waals surface area contributed by atoms with Gasteiger partial charge in [0, 0.05) is 0 Å². The van der Waals surface area contributed by atoms with Crippen LogP contribution in [-0.4, -0.2) is 44.8 Å². The molecule has 0 amide bonds. The van der Waals surface area contributed by atoms with Gasteiger partial charge in [0.15, 0.2) is 0 Å². The van der Waals surface area contributed by atoms with E-state index in [1.807, 2.05) is 0 Å². The molecule has 0 aromatic heterocycles. The minimum absolute atomic E-state index is 1.31. The normalized spacial score (nSPS) is 23.4. The Hall–Kier alpha value is -0.160. The summed E-state index contributed by atoms with van der Waals surface area (Å²) in [6.07, 6.45) is -5.53. The molecule has 0 aliphatic carbocycles. The molecule has 0 spiro atoms. The van der Waals surface area contributed by atoms with Crippen molar-refractivity contribution in [2.45, 2.75) is 24.4 Å². The fourth-order valence-corrected chi connectivity index (χ4v) is 0.455. The van der Waals surface area contributed by atoms with Crippen molar-refractivity contribution < 1.29 is 20.4 Å². The van der Waals surface area contributed by atoms with Gasteiger partial charge in [0.25, 0.3) is 0 Å². The highest BCUT2D eigenvalue weighted by Crippen LogP contribution is 2.02. The van der Waals surface area contributed by atoms with Crippen LogP contribution in [0.15, 0.2) is 0 Å². The highest BCUT2D eigenvalue weighted by molar-refractivity contribution is 4.82. The summed E-state index contributed by atoms with van der Waals surface area (Å²) in [6, 6.07) is 0. The van der Waals surface area contributed by atoms with Crippen LogP contribution in [0.3, 0.4) is 0 Å². The first-order valence-corrected chi connectivity index (χ1v) is 2.85. The minimum atomic E-state index is -1.45. The SMILES string of the molecule is [CH2]C(O)C(O)C(O)C([CH2])O. The quantitative estimate of drug-likeness (QED) is 0.377. The predicted octanol–water partition coefficient (Wildman–Crippen LogP) is -1.90. The zero-order chi connectivity index (χ0) is 8.31. The van der Waals surface area contributed by atoms with E-state index in [9.17, 15) is 0 Å². The Morgan fingerprint density at radius 2 is 0.900 bits per heavy atom. The fourth-order valence-electron chi connectivity index (χ4n) is 0.455. The second kappa shape index (κ2) is 3.88. The summed E-state index contributed by atoms with van der Waals surface area (Å²) in [6.45, 7) is 6.10. The average Bonchev–Trinajstić information content (AvgIpc) is 1.84. The number of hydrogen-bond acceptors (Lipinski definition) is 4. The molecule has 4 heteroatoms. The van der Waals surface area contributed by atoms with E-state index in [0.29, 0.717) is 0 Å². The van der Waals surface area contributed by atoms with Gasteiger partial charge in [-0.2, -0.15) is 0 Å². The third-order valence-electron chi connectivity index (χ3n) is 1.14. The van der Waals surface area contributed by atoms with E-state index in [1.165, 1.54) is 0 Å². The zero-order valence-corrected chi connectivity index (χ0v) is 5.51. The highest BCUT2D eigenvalue weighted by atomic mass is 16.4. The molecule has 60 valence electrons. The van der Waals surface area contributed by atoms with Gasteiger partial charge in [-0.3, -0.25) is 0 Å². The molecule has 4 nitrogen and oxygen atoms in total. The largest absolute Gasteiger partial charge is 0.390 e. The molecule has 0 aromatic carbocycles. The van der Waals surface area contributed by atoms with Crippen LogP contribution < -0.4 is 0 Å². The van der Waals surface area contributed by atoms with Crippen molar-refractivity contribution in [3.63, 3.8) is 0 Å². The van der Waals surface area contributed by atoms with Crippen LogP contribution >= 0.6 is 0 Å². The lowest BCUT2D eigenvalue weighted by atomic mass is 10.1. The smallest absolute Gasteiger partial charge is 0.108 e. The molecule has 0 aliphatic heterocycles. The molecule has 4 unspecified atom stereocenters. The molecule has 4 N–H and O–H groups in total. The van der Waals surface area contributed by atoms with Crippen LogP contribution in [0.25, 0.3) is 0 Å². The number of rotatable bonds is 3. The maximum Gasteiger partial charge on any atom is 0.108 e. The Balaban J connectivity index is 3.81. The van der Waals surface area contributed by atoms with E-state index in [2.05, 4.69) is 13.8 Å². The second-order valence-corrected chi connectivity index (χ2v) is 2.12. The molecule has 0 bridgehead atoms. The lowest BCUT2D eigenvalue weighted by molar-refractivity contribution is -0.0815. The van der Waals surface area contributed by atoms with Gasteiger partial charge in [-0.1, -0.05) is 0 Å². The number of aliphatic hydroxyl groups excluding tert-OH is 4. The van der Waals surface area contributed by atoms with Crippen LogP contribution in [0, 0.1) is 13.8 Å². The molecule has 0 saturated heterocycles.